The number of rotatable bonds is 10. The van der Waals surface area contributed by atoms with E-state index < -0.39 is 32.7 Å². The van der Waals surface area contributed by atoms with Crippen LogP contribution < -0.4 is 15.4 Å². The van der Waals surface area contributed by atoms with E-state index in [4.69, 9.17) is 0 Å². The normalized spacial score (nSPS) is 16.3. The summed E-state index contributed by atoms with van der Waals surface area (Å²) in [4.78, 5) is 12.8. The van der Waals surface area contributed by atoms with Gasteiger partial charge < -0.3 is 10.6 Å². The number of hydrogen-bond donors (Lipinski definition) is 3. The van der Waals surface area contributed by atoms with Gasteiger partial charge in [0.15, 0.2) is 0 Å². The standard InChI is InChI=1S/C33H38F3N3O3S/c1-22(21-37-32(2,3)4)24-16-17-28-25(18-24)12-8-15-29(28)38-31(40)20-30(23-10-6-5-7-11-23)39-43(41,42)27-14-9-13-26(19-27)33(34,35)36/h5-7,9-11,13-14,16-19,29-30,37,39H,1,8,12,15,20-21H2,2-4H3,(H,38,40)/t29-,30?/m1/s1. The number of aryl methyl sites for hydroxylation is 1. The van der Waals surface area contributed by atoms with Crippen molar-refractivity contribution in [3.8, 4) is 0 Å². The Morgan fingerprint density at radius 1 is 1.00 bits per heavy atom. The average Bonchev–Trinajstić information content (AvgIpc) is 2.95. The third-order valence-electron chi connectivity index (χ3n) is 7.39. The Balaban J connectivity index is 1.50. The highest BCUT2D eigenvalue weighted by Crippen LogP contribution is 2.33. The van der Waals surface area contributed by atoms with Gasteiger partial charge in [-0.25, -0.2) is 13.1 Å². The second kappa shape index (κ2) is 13.0. The van der Waals surface area contributed by atoms with Crippen LogP contribution in [-0.2, 0) is 27.4 Å². The molecule has 0 spiro atoms. The molecular weight excluding hydrogens is 575 g/mol. The highest BCUT2D eigenvalue weighted by atomic mass is 32.2. The largest absolute Gasteiger partial charge is 0.416 e. The van der Waals surface area contributed by atoms with Gasteiger partial charge in [0, 0.05) is 18.5 Å². The summed E-state index contributed by atoms with van der Waals surface area (Å²) in [6.45, 7) is 11.2. The van der Waals surface area contributed by atoms with Crippen molar-refractivity contribution in [2.45, 2.75) is 75.1 Å². The summed E-state index contributed by atoms with van der Waals surface area (Å²) in [6.07, 6.45) is -2.45. The van der Waals surface area contributed by atoms with Crippen LogP contribution in [0.2, 0.25) is 0 Å². The van der Waals surface area contributed by atoms with Crippen molar-refractivity contribution in [1.82, 2.24) is 15.4 Å². The zero-order valence-corrected chi connectivity index (χ0v) is 25.4. The van der Waals surface area contributed by atoms with Crippen LogP contribution in [0.25, 0.3) is 5.57 Å². The molecule has 10 heteroatoms. The van der Waals surface area contributed by atoms with Gasteiger partial charge in [0.1, 0.15) is 0 Å². The van der Waals surface area contributed by atoms with E-state index in [2.05, 4.69) is 48.8 Å². The molecular formula is C33H38F3N3O3S. The fourth-order valence-electron chi connectivity index (χ4n) is 5.10. The number of amides is 1. The van der Waals surface area contributed by atoms with Crippen LogP contribution in [0, 0.1) is 0 Å². The highest BCUT2D eigenvalue weighted by molar-refractivity contribution is 7.89. The first kappa shape index (κ1) is 32.4. The van der Waals surface area contributed by atoms with Crippen molar-refractivity contribution < 1.29 is 26.4 Å². The minimum atomic E-state index is -4.70. The highest BCUT2D eigenvalue weighted by Gasteiger charge is 2.33. The number of fused-ring (bicyclic) bond motifs is 1. The van der Waals surface area contributed by atoms with Gasteiger partial charge in [0.25, 0.3) is 0 Å². The van der Waals surface area contributed by atoms with Gasteiger partial charge in [-0.1, -0.05) is 61.2 Å². The Bertz CT molecular complexity index is 1570. The van der Waals surface area contributed by atoms with E-state index in [9.17, 15) is 26.4 Å². The third-order valence-corrected chi connectivity index (χ3v) is 8.86. The molecule has 4 rings (SSSR count). The fourth-order valence-corrected chi connectivity index (χ4v) is 6.37. The molecule has 3 aromatic rings. The van der Waals surface area contributed by atoms with Gasteiger partial charge in [0.2, 0.25) is 15.9 Å². The van der Waals surface area contributed by atoms with Crippen molar-refractivity contribution in [2.75, 3.05) is 6.54 Å². The number of carbonyl (C=O) groups excluding carboxylic acids is 1. The van der Waals surface area contributed by atoms with Crippen molar-refractivity contribution >= 4 is 21.5 Å². The molecule has 0 saturated carbocycles. The minimum absolute atomic E-state index is 0.0363. The first-order valence-electron chi connectivity index (χ1n) is 14.2. The summed E-state index contributed by atoms with van der Waals surface area (Å²) in [6, 6.07) is 17.0. The number of hydrogen-bond acceptors (Lipinski definition) is 4. The lowest BCUT2D eigenvalue weighted by Crippen LogP contribution is -2.36. The molecule has 0 aliphatic heterocycles. The SMILES string of the molecule is C=C(CNC(C)(C)C)c1ccc2c(c1)CCC[C@H]2NC(=O)CC(NS(=O)(=O)c1cccc(C(F)(F)F)c1)c1ccccc1. The molecule has 1 aliphatic carbocycles. The number of nitrogens with one attached hydrogen (secondary N) is 3. The van der Waals surface area contributed by atoms with E-state index in [0.29, 0.717) is 18.2 Å². The number of benzene rings is 3. The summed E-state index contributed by atoms with van der Waals surface area (Å²) >= 11 is 0. The Kier molecular flexibility index (Phi) is 9.83. The van der Waals surface area contributed by atoms with Gasteiger partial charge in [-0.05, 0) is 86.1 Å². The summed E-state index contributed by atoms with van der Waals surface area (Å²) in [5, 5.41) is 6.51. The number of halogens is 3. The molecule has 6 nitrogen and oxygen atoms in total. The molecule has 0 bridgehead atoms. The molecule has 1 amide bonds. The smallest absolute Gasteiger partial charge is 0.349 e. The van der Waals surface area contributed by atoms with Crippen molar-refractivity contribution in [1.29, 1.82) is 0 Å². The molecule has 0 aromatic heterocycles. The van der Waals surface area contributed by atoms with E-state index in [-0.39, 0.29) is 23.9 Å². The fraction of sp³-hybridized carbons (Fsp3) is 0.364. The molecule has 0 radical (unpaired) electrons. The van der Waals surface area contributed by atoms with Crippen LogP contribution in [0.5, 0.6) is 0 Å². The summed E-state index contributed by atoms with van der Waals surface area (Å²) < 4.78 is 68.6. The molecule has 230 valence electrons. The van der Waals surface area contributed by atoms with E-state index in [1.807, 2.05) is 12.1 Å². The van der Waals surface area contributed by atoms with Crippen molar-refractivity contribution in [3.05, 3.63) is 107 Å². The molecule has 3 N–H and O–H groups in total. The molecule has 0 heterocycles. The lowest BCUT2D eigenvalue weighted by molar-refractivity contribution is -0.137. The number of carbonyl (C=O) groups is 1. The van der Waals surface area contributed by atoms with Crippen LogP contribution in [0.3, 0.4) is 0 Å². The second-order valence-corrected chi connectivity index (χ2v) is 13.7. The van der Waals surface area contributed by atoms with Crippen LogP contribution >= 0.6 is 0 Å². The first-order valence-corrected chi connectivity index (χ1v) is 15.7. The third kappa shape index (κ3) is 8.78. The first-order chi connectivity index (χ1) is 20.1. The zero-order valence-electron chi connectivity index (χ0n) is 24.6. The average molecular weight is 614 g/mol. The summed E-state index contributed by atoms with van der Waals surface area (Å²) in [5.41, 5.74) is 3.57. The van der Waals surface area contributed by atoms with Gasteiger partial charge in [-0.15, -0.1) is 0 Å². The Labute approximate surface area is 251 Å². The van der Waals surface area contributed by atoms with Crippen LogP contribution in [0.4, 0.5) is 13.2 Å². The van der Waals surface area contributed by atoms with Gasteiger partial charge >= 0.3 is 6.18 Å². The van der Waals surface area contributed by atoms with Crippen LogP contribution in [0.1, 0.15) is 79.9 Å². The number of alkyl halides is 3. The minimum Gasteiger partial charge on any atom is -0.349 e. The molecule has 1 unspecified atom stereocenters. The monoisotopic (exact) mass is 613 g/mol. The predicted molar refractivity (Wildman–Crippen MR) is 163 cm³/mol. The Morgan fingerprint density at radius 3 is 2.40 bits per heavy atom. The molecule has 2 atom stereocenters. The van der Waals surface area contributed by atoms with Crippen molar-refractivity contribution in [2.24, 2.45) is 0 Å². The Hall–Kier alpha value is -3.47. The topological polar surface area (TPSA) is 87.3 Å². The van der Waals surface area contributed by atoms with E-state index in [0.717, 1.165) is 59.7 Å². The Morgan fingerprint density at radius 2 is 1.72 bits per heavy atom. The molecule has 0 saturated heterocycles. The maximum atomic E-state index is 13.3. The van der Waals surface area contributed by atoms with E-state index >= 15 is 0 Å². The quantitative estimate of drug-likeness (QED) is 0.237. The molecule has 0 fully saturated rings. The lowest BCUT2D eigenvalue weighted by Gasteiger charge is -2.28. The maximum absolute atomic E-state index is 13.3. The lowest BCUT2D eigenvalue weighted by atomic mass is 9.85. The van der Waals surface area contributed by atoms with Gasteiger partial charge in [-0.3, -0.25) is 4.79 Å². The summed E-state index contributed by atoms with van der Waals surface area (Å²) in [5.74, 6) is -0.374. The number of sulfonamides is 1. The molecule has 43 heavy (non-hydrogen) atoms. The second-order valence-electron chi connectivity index (χ2n) is 11.9. The van der Waals surface area contributed by atoms with Crippen LogP contribution in [0.15, 0.2) is 84.3 Å². The van der Waals surface area contributed by atoms with Gasteiger partial charge in [-0.2, -0.15) is 13.2 Å². The molecule has 3 aromatic carbocycles. The van der Waals surface area contributed by atoms with E-state index in [1.54, 1.807) is 30.3 Å². The van der Waals surface area contributed by atoms with Crippen LogP contribution in [-0.4, -0.2) is 26.4 Å². The maximum Gasteiger partial charge on any atom is 0.416 e. The zero-order chi connectivity index (χ0) is 31.4. The molecule has 1 aliphatic rings. The predicted octanol–water partition coefficient (Wildman–Crippen LogP) is 6.71. The van der Waals surface area contributed by atoms with E-state index in [1.165, 1.54) is 0 Å². The van der Waals surface area contributed by atoms with Crippen molar-refractivity contribution in [3.63, 3.8) is 0 Å². The van der Waals surface area contributed by atoms with Gasteiger partial charge in [0.05, 0.1) is 22.5 Å². The summed E-state index contributed by atoms with van der Waals surface area (Å²) in [7, 11) is -4.39.